The third-order valence-corrected chi connectivity index (χ3v) is 5.54. The molecule has 0 saturated carbocycles. The fraction of sp³-hybridized carbons (Fsp3) is 0.231. The Bertz CT molecular complexity index is 1280. The van der Waals surface area contributed by atoms with Crippen molar-refractivity contribution in [2.75, 3.05) is 6.61 Å². The molecule has 1 N–H and O–H groups in total. The number of hydrogen-bond donors (Lipinski definition) is 1. The van der Waals surface area contributed by atoms with Gasteiger partial charge in [-0.05, 0) is 53.9 Å². The molecule has 7 nitrogen and oxygen atoms in total. The maximum absolute atomic E-state index is 12.7. The fourth-order valence-corrected chi connectivity index (χ4v) is 3.71. The molecule has 0 aliphatic carbocycles. The molecular formula is C26H22N4O3. The van der Waals surface area contributed by atoms with Gasteiger partial charge in [-0.2, -0.15) is 10.5 Å². The van der Waals surface area contributed by atoms with Crippen molar-refractivity contribution >= 4 is 5.91 Å². The van der Waals surface area contributed by atoms with Gasteiger partial charge in [-0.1, -0.05) is 18.2 Å². The number of aromatic nitrogens is 1. The van der Waals surface area contributed by atoms with E-state index in [0.717, 1.165) is 16.7 Å². The Balaban J connectivity index is 1.40. The summed E-state index contributed by atoms with van der Waals surface area (Å²) in [6, 6.07) is 20.5. The summed E-state index contributed by atoms with van der Waals surface area (Å²) in [5.41, 5.74) is 3.60. The van der Waals surface area contributed by atoms with Crippen LogP contribution < -0.4 is 10.1 Å². The summed E-state index contributed by atoms with van der Waals surface area (Å²) >= 11 is 0. The molecule has 7 heteroatoms. The maximum Gasteiger partial charge on any atom is 0.251 e. The molecule has 1 amide bonds. The molecule has 0 bridgehead atoms. The van der Waals surface area contributed by atoms with Gasteiger partial charge in [0.2, 0.25) is 0 Å². The summed E-state index contributed by atoms with van der Waals surface area (Å²) in [5.74, 6) is 0.376. The summed E-state index contributed by atoms with van der Waals surface area (Å²) in [5, 5.41) is 21.5. The number of nitrogens with zero attached hydrogens (tertiary/aromatic N) is 3. The van der Waals surface area contributed by atoms with E-state index in [9.17, 15) is 10.1 Å². The number of benzene rings is 2. The van der Waals surface area contributed by atoms with Gasteiger partial charge >= 0.3 is 0 Å². The van der Waals surface area contributed by atoms with Crippen molar-refractivity contribution in [1.29, 1.82) is 10.5 Å². The standard InChI is InChI=1S/C26H22N4O3/c1-26(16-28)17-32-15-21-6-5-20(10-24(21)26)25(31)30-13-22-11-23(7-8-29-22)33-14-19-4-2-3-18(9-19)12-27/h2-11H,13-15,17H2,1H3,(H,30,31). The topological polar surface area (TPSA) is 108 Å². The second-order valence-electron chi connectivity index (χ2n) is 8.08. The zero-order chi connectivity index (χ0) is 23.3. The van der Waals surface area contributed by atoms with Gasteiger partial charge in [-0.15, -0.1) is 0 Å². The molecule has 1 atom stereocenters. The first-order valence-corrected chi connectivity index (χ1v) is 10.5. The number of nitrogens with one attached hydrogen (secondary N) is 1. The number of hydrogen-bond acceptors (Lipinski definition) is 6. The van der Waals surface area contributed by atoms with Crippen molar-refractivity contribution in [3.63, 3.8) is 0 Å². The van der Waals surface area contributed by atoms with Gasteiger partial charge in [0.05, 0.1) is 43.2 Å². The monoisotopic (exact) mass is 438 g/mol. The second kappa shape index (κ2) is 9.52. The molecule has 0 spiro atoms. The molecular weight excluding hydrogens is 416 g/mol. The lowest BCUT2D eigenvalue weighted by atomic mass is 9.79. The van der Waals surface area contributed by atoms with Crippen molar-refractivity contribution in [3.8, 4) is 17.9 Å². The van der Waals surface area contributed by atoms with Crippen molar-refractivity contribution in [3.05, 3.63) is 94.3 Å². The number of carbonyl (C=O) groups excluding carboxylic acids is 1. The summed E-state index contributed by atoms with van der Waals surface area (Å²) in [6.07, 6.45) is 1.62. The molecule has 2 aromatic carbocycles. The van der Waals surface area contributed by atoms with Crippen LogP contribution in [0.25, 0.3) is 0 Å². The second-order valence-corrected chi connectivity index (χ2v) is 8.08. The van der Waals surface area contributed by atoms with Crippen LogP contribution >= 0.6 is 0 Å². The van der Waals surface area contributed by atoms with E-state index in [4.69, 9.17) is 14.7 Å². The first-order valence-electron chi connectivity index (χ1n) is 10.5. The Morgan fingerprint density at radius 3 is 2.91 bits per heavy atom. The normalized spacial score (nSPS) is 16.7. The number of fused-ring (bicyclic) bond motifs is 1. The van der Waals surface area contributed by atoms with E-state index in [0.29, 0.717) is 42.4 Å². The lowest BCUT2D eigenvalue weighted by Crippen LogP contribution is -2.33. The van der Waals surface area contributed by atoms with E-state index in [1.807, 2.05) is 25.1 Å². The minimum Gasteiger partial charge on any atom is -0.489 e. The highest BCUT2D eigenvalue weighted by Crippen LogP contribution is 2.32. The molecule has 4 rings (SSSR count). The highest BCUT2D eigenvalue weighted by Gasteiger charge is 2.33. The maximum atomic E-state index is 12.7. The largest absolute Gasteiger partial charge is 0.489 e. The van der Waals surface area contributed by atoms with Crippen LogP contribution in [0.2, 0.25) is 0 Å². The van der Waals surface area contributed by atoms with Crippen LogP contribution in [0.15, 0.2) is 60.8 Å². The quantitative estimate of drug-likeness (QED) is 0.628. The average Bonchev–Trinajstić information content (AvgIpc) is 2.86. The number of rotatable bonds is 6. The molecule has 33 heavy (non-hydrogen) atoms. The highest BCUT2D eigenvalue weighted by atomic mass is 16.5. The Hall–Kier alpha value is -4.20. The Labute approximate surface area is 192 Å². The number of pyridine rings is 1. The highest BCUT2D eigenvalue weighted by molar-refractivity contribution is 5.94. The SMILES string of the molecule is CC1(C#N)COCc2ccc(C(=O)NCc3cc(OCc4cccc(C#N)c4)ccn3)cc21. The van der Waals surface area contributed by atoms with E-state index in [1.165, 1.54) is 0 Å². The molecule has 0 fully saturated rings. The van der Waals surface area contributed by atoms with Gasteiger partial charge in [0, 0.05) is 17.8 Å². The predicted octanol–water partition coefficient (Wildman–Crippen LogP) is 3.77. The van der Waals surface area contributed by atoms with E-state index in [-0.39, 0.29) is 12.5 Å². The molecule has 2 heterocycles. The van der Waals surface area contributed by atoms with E-state index >= 15 is 0 Å². The zero-order valence-electron chi connectivity index (χ0n) is 18.2. The van der Waals surface area contributed by atoms with Crippen LogP contribution in [0, 0.1) is 22.7 Å². The van der Waals surface area contributed by atoms with Crippen LogP contribution in [-0.4, -0.2) is 17.5 Å². The van der Waals surface area contributed by atoms with Crippen molar-refractivity contribution in [1.82, 2.24) is 10.3 Å². The van der Waals surface area contributed by atoms with E-state index in [2.05, 4.69) is 22.4 Å². The van der Waals surface area contributed by atoms with Crippen LogP contribution in [0.4, 0.5) is 0 Å². The zero-order valence-corrected chi connectivity index (χ0v) is 18.2. The molecule has 1 unspecified atom stereocenters. The third kappa shape index (κ3) is 5.01. The summed E-state index contributed by atoms with van der Waals surface area (Å²) < 4.78 is 11.3. The third-order valence-electron chi connectivity index (χ3n) is 5.54. The van der Waals surface area contributed by atoms with Gasteiger partial charge in [-0.25, -0.2) is 0 Å². The molecule has 1 aromatic heterocycles. The van der Waals surface area contributed by atoms with Crippen LogP contribution in [0.1, 0.15) is 45.2 Å². The summed E-state index contributed by atoms with van der Waals surface area (Å²) in [7, 11) is 0. The number of ether oxygens (including phenoxy) is 2. The van der Waals surface area contributed by atoms with Crippen molar-refractivity contribution in [2.45, 2.75) is 32.1 Å². The Morgan fingerprint density at radius 1 is 1.21 bits per heavy atom. The Morgan fingerprint density at radius 2 is 2.09 bits per heavy atom. The molecule has 3 aromatic rings. The number of carbonyl (C=O) groups is 1. The Kier molecular flexibility index (Phi) is 6.35. The van der Waals surface area contributed by atoms with Crippen molar-refractivity contribution in [2.24, 2.45) is 0 Å². The molecule has 0 radical (unpaired) electrons. The van der Waals surface area contributed by atoms with E-state index < -0.39 is 5.41 Å². The van der Waals surface area contributed by atoms with E-state index in [1.54, 1.807) is 42.6 Å². The van der Waals surface area contributed by atoms with Gasteiger partial charge in [-0.3, -0.25) is 9.78 Å². The lowest BCUT2D eigenvalue weighted by Gasteiger charge is -2.30. The number of amides is 1. The lowest BCUT2D eigenvalue weighted by molar-refractivity contribution is 0.0757. The molecule has 1 aliphatic rings. The molecule has 164 valence electrons. The van der Waals surface area contributed by atoms with Crippen LogP contribution in [0.5, 0.6) is 5.75 Å². The van der Waals surface area contributed by atoms with Crippen LogP contribution in [-0.2, 0) is 29.9 Å². The summed E-state index contributed by atoms with van der Waals surface area (Å²) in [6.45, 7) is 3.11. The number of nitriles is 2. The predicted molar refractivity (Wildman–Crippen MR) is 120 cm³/mol. The minimum absolute atomic E-state index is 0.232. The minimum atomic E-state index is -0.774. The van der Waals surface area contributed by atoms with Gasteiger partial charge in [0.15, 0.2) is 0 Å². The van der Waals surface area contributed by atoms with Crippen LogP contribution in [0.3, 0.4) is 0 Å². The van der Waals surface area contributed by atoms with Gasteiger partial charge in [0.25, 0.3) is 5.91 Å². The first kappa shape index (κ1) is 22.0. The van der Waals surface area contributed by atoms with Gasteiger partial charge < -0.3 is 14.8 Å². The smallest absolute Gasteiger partial charge is 0.251 e. The fourth-order valence-electron chi connectivity index (χ4n) is 3.71. The van der Waals surface area contributed by atoms with Crippen molar-refractivity contribution < 1.29 is 14.3 Å². The first-order chi connectivity index (χ1) is 16.0. The van der Waals surface area contributed by atoms with Gasteiger partial charge in [0.1, 0.15) is 17.8 Å². The average molecular weight is 438 g/mol. The summed E-state index contributed by atoms with van der Waals surface area (Å²) in [4.78, 5) is 17.0. The molecule has 0 saturated heterocycles. The molecule has 1 aliphatic heterocycles.